The Labute approximate surface area is 168 Å². The lowest BCUT2D eigenvalue weighted by Crippen LogP contribution is -2.19. The van der Waals surface area contributed by atoms with Crippen LogP contribution in [-0.4, -0.2) is 44.8 Å². The van der Waals surface area contributed by atoms with E-state index in [1.54, 1.807) is 12.1 Å². The third-order valence-corrected chi connectivity index (χ3v) is 4.13. The van der Waals surface area contributed by atoms with Crippen molar-refractivity contribution >= 4 is 57.7 Å². The normalized spacial score (nSPS) is 11.0. The zero-order valence-electron chi connectivity index (χ0n) is 14.0. The molecule has 1 heterocycles. The average Bonchev–Trinajstić information content (AvgIpc) is 3.04. The zero-order valence-corrected chi connectivity index (χ0v) is 16.3. The fourth-order valence-electron chi connectivity index (χ4n) is 1.78. The summed E-state index contributed by atoms with van der Waals surface area (Å²) in [5, 5.41) is 24.0. The highest BCUT2D eigenvalue weighted by Gasteiger charge is 2.15. The first kappa shape index (κ1) is 20.9. The first-order valence-electron chi connectivity index (χ1n) is 7.58. The van der Waals surface area contributed by atoms with Gasteiger partial charge in [-0.3, -0.25) is 14.9 Å². The second-order valence-electron chi connectivity index (χ2n) is 4.92. The van der Waals surface area contributed by atoms with Gasteiger partial charge in [-0.2, -0.15) is 5.10 Å². The van der Waals surface area contributed by atoms with Crippen LogP contribution in [0.3, 0.4) is 0 Å². The highest BCUT2D eigenvalue weighted by atomic mass is 35.5. The van der Waals surface area contributed by atoms with E-state index in [0.717, 1.165) is 11.3 Å². The number of aromatic hydroxyl groups is 1. The molecule has 27 heavy (non-hydrogen) atoms. The minimum Gasteiger partial charge on any atom is -0.504 e. The summed E-state index contributed by atoms with van der Waals surface area (Å²) in [6, 6.07) is 4.74. The molecule has 1 aromatic carbocycles. The molecule has 0 spiro atoms. The molecule has 144 valence electrons. The van der Waals surface area contributed by atoms with Crippen LogP contribution in [0.25, 0.3) is 0 Å². The van der Waals surface area contributed by atoms with Gasteiger partial charge in [0.25, 0.3) is 5.91 Å². The topological polar surface area (TPSA) is 126 Å². The molecule has 0 aliphatic rings. The SMILES string of the molecule is CCOc1ccc(/C=N\NC(=O)Cc2nnc(NC(=O)C(Cl)Cl)s2)cc1O. The number of carbonyl (C=O) groups is 2. The number of hydrazone groups is 1. The van der Waals surface area contributed by atoms with Crippen LogP contribution in [0.1, 0.15) is 17.5 Å². The third-order valence-electron chi connectivity index (χ3n) is 2.89. The van der Waals surface area contributed by atoms with Crippen LogP contribution >= 0.6 is 34.5 Å². The molecule has 0 bridgehead atoms. The van der Waals surface area contributed by atoms with Crippen LogP contribution in [-0.2, 0) is 16.0 Å². The van der Waals surface area contributed by atoms with Crippen molar-refractivity contribution in [2.45, 2.75) is 18.2 Å². The number of amides is 2. The Morgan fingerprint density at radius 2 is 2.19 bits per heavy atom. The molecule has 0 aliphatic carbocycles. The van der Waals surface area contributed by atoms with E-state index in [1.165, 1.54) is 12.3 Å². The summed E-state index contributed by atoms with van der Waals surface area (Å²) in [4.78, 5) is 22.0. The number of phenolic OH excluding ortho intramolecular Hbond substituents is 1. The molecule has 0 saturated carbocycles. The number of nitrogens with one attached hydrogen (secondary N) is 2. The first-order chi connectivity index (χ1) is 12.9. The van der Waals surface area contributed by atoms with Gasteiger partial charge >= 0.3 is 0 Å². The number of benzene rings is 1. The van der Waals surface area contributed by atoms with Crippen molar-refractivity contribution in [1.29, 1.82) is 0 Å². The highest BCUT2D eigenvalue weighted by Crippen LogP contribution is 2.26. The summed E-state index contributed by atoms with van der Waals surface area (Å²) in [5.41, 5.74) is 2.91. The van der Waals surface area contributed by atoms with Crippen molar-refractivity contribution in [2.75, 3.05) is 11.9 Å². The Kier molecular flexibility index (Phi) is 7.77. The molecule has 0 saturated heterocycles. The summed E-state index contributed by atoms with van der Waals surface area (Å²) in [5.74, 6) is -0.712. The molecule has 3 N–H and O–H groups in total. The fraction of sp³-hybridized carbons (Fsp3) is 0.267. The van der Waals surface area contributed by atoms with Crippen LogP contribution in [0, 0.1) is 0 Å². The van der Waals surface area contributed by atoms with Crippen molar-refractivity contribution in [3.8, 4) is 11.5 Å². The van der Waals surface area contributed by atoms with Crippen LogP contribution in [0.5, 0.6) is 11.5 Å². The molecule has 9 nitrogen and oxygen atoms in total. The number of phenols is 1. The van der Waals surface area contributed by atoms with Gasteiger partial charge in [0.2, 0.25) is 11.0 Å². The predicted molar refractivity (Wildman–Crippen MR) is 103 cm³/mol. The first-order valence-corrected chi connectivity index (χ1v) is 9.27. The summed E-state index contributed by atoms with van der Waals surface area (Å²) in [6.45, 7) is 2.25. The van der Waals surface area contributed by atoms with E-state index in [0.29, 0.717) is 22.9 Å². The maximum atomic E-state index is 11.9. The molecule has 12 heteroatoms. The van der Waals surface area contributed by atoms with Gasteiger partial charge in [0.15, 0.2) is 16.3 Å². The van der Waals surface area contributed by atoms with Crippen molar-refractivity contribution in [1.82, 2.24) is 15.6 Å². The second kappa shape index (κ2) is 10.0. The number of ether oxygens (including phenoxy) is 1. The molecule has 0 radical (unpaired) electrons. The van der Waals surface area contributed by atoms with E-state index in [9.17, 15) is 14.7 Å². The number of rotatable bonds is 8. The molecule has 2 rings (SSSR count). The minimum atomic E-state index is -1.22. The third kappa shape index (κ3) is 6.66. The fourth-order valence-corrected chi connectivity index (χ4v) is 2.63. The number of halogens is 2. The molecular weight excluding hydrogens is 417 g/mol. The molecule has 1 aromatic heterocycles. The molecule has 0 atom stereocenters. The maximum absolute atomic E-state index is 11.9. The molecule has 0 aliphatic heterocycles. The predicted octanol–water partition coefficient (Wildman–Crippen LogP) is 2.08. The Morgan fingerprint density at radius 1 is 1.41 bits per heavy atom. The number of alkyl halides is 2. The van der Waals surface area contributed by atoms with E-state index in [-0.39, 0.29) is 17.3 Å². The van der Waals surface area contributed by atoms with Crippen molar-refractivity contribution in [3.63, 3.8) is 0 Å². The number of hydrogen-bond acceptors (Lipinski definition) is 8. The maximum Gasteiger partial charge on any atom is 0.259 e. The van der Waals surface area contributed by atoms with Gasteiger partial charge in [0.05, 0.1) is 19.2 Å². The quantitative estimate of drug-likeness (QED) is 0.333. The number of anilines is 1. The van der Waals surface area contributed by atoms with Gasteiger partial charge in [0.1, 0.15) is 5.01 Å². The van der Waals surface area contributed by atoms with Gasteiger partial charge in [-0.15, -0.1) is 10.2 Å². The lowest BCUT2D eigenvalue weighted by atomic mass is 10.2. The van der Waals surface area contributed by atoms with Gasteiger partial charge in [-0.1, -0.05) is 34.5 Å². The minimum absolute atomic E-state index is 0.0216. The summed E-state index contributed by atoms with van der Waals surface area (Å²) >= 11 is 11.9. The van der Waals surface area contributed by atoms with Gasteiger partial charge in [-0.05, 0) is 30.7 Å². The largest absolute Gasteiger partial charge is 0.504 e. The van der Waals surface area contributed by atoms with E-state index in [2.05, 4.69) is 26.0 Å². The smallest absolute Gasteiger partial charge is 0.259 e. The Hall–Kier alpha value is -2.43. The van der Waals surface area contributed by atoms with E-state index in [4.69, 9.17) is 27.9 Å². The second-order valence-corrected chi connectivity index (χ2v) is 7.08. The monoisotopic (exact) mass is 431 g/mol. The van der Waals surface area contributed by atoms with Gasteiger partial charge in [0, 0.05) is 0 Å². The number of aromatic nitrogens is 2. The Morgan fingerprint density at radius 3 is 2.85 bits per heavy atom. The molecule has 2 aromatic rings. The van der Waals surface area contributed by atoms with E-state index < -0.39 is 16.7 Å². The molecule has 2 amide bonds. The number of nitrogens with zero attached hydrogens (tertiary/aromatic N) is 3. The van der Waals surface area contributed by atoms with Crippen LogP contribution in [0.15, 0.2) is 23.3 Å². The van der Waals surface area contributed by atoms with Crippen LogP contribution in [0.2, 0.25) is 0 Å². The summed E-state index contributed by atoms with van der Waals surface area (Å²) in [7, 11) is 0. The van der Waals surface area contributed by atoms with Gasteiger partial charge in [-0.25, -0.2) is 5.43 Å². The number of carbonyl (C=O) groups excluding carboxylic acids is 2. The van der Waals surface area contributed by atoms with Crippen LogP contribution < -0.4 is 15.5 Å². The lowest BCUT2D eigenvalue weighted by molar-refractivity contribution is -0.120. The molecule has 0 fully saturated rings. The standard InChI is InChI=1S/C15H15Cl2N5O4S/c1-2-26-10-4-3-8(5-9(10)23)7-18-20-11(24)6-12-21-22-15(27-12)19-14(25)13(16)17/h3-5,7,13,23H,2,6H2,1H3,(H,20,24)(H,19,22,25)/b18-7-. The molecular formula is C15H15Cl2N5O4S. The van der Waals surface area contributed by atoms with Gasteiger partial charge < -0.3 is 9.84 Å². The van der Waals surface area contributed by atoms with Crippen molar-refractivity contribution < 1.29 is 19.4 Å². The van der Waals surface area contributed by atoms with Crippen molar-refractivity contribution in [3.05, 3.63) is 28.8 Å². The summed E-state index contributed by atoms with van der Waals surface area (Å²) in [6.07, 6.45) is 1.30. The Balaban J connectivity index is 1.85. The molecule has 0 unspecified atom stereocenters. The van der Waals surface area contributed by atoms with E-state index >= 15 is 0 Å². The summed E-state index contributed by atoms with van der Waals surface area (Å²) < 4.78 is 5.22. The van der Waals surface area contributed by atoms with E-state index in [1.807, 2.05) is 6.92 Å². The van der Waals surface area contributed by atoms with Crippen LogP contribution in [0.4, 0.5) is 5.13 Å². The Bertz CT molecular complexity index is 843. The average molecular weight is 432 g/mol. The lowest BCUT2D eigenvalue weighted by Gasteiger charge is -2.05. The zero-order chi connectivity index (χ0) is 19.8. The van der Waals surface area contributed by atoms with Crippen molar-refractivity contribution in [2.24, 2.45) is 5.10 Å². The number of hydrogen-bond donors (Lipinski definition) is 3. The highest BCUT2D eigenvalue weighted by molar-refractivity contribution is 7.15.